The molecule has 0 heterocycles. The van der Waals surface area contributed by atoms with Crippen LogP contribution in [0, 0.1) is 0 Å². The van der Waals surface area contributed by atoms with Crippen molar-refractivity contribution in [2.75, 3.05) is 19.6 Å². The second-order valence-corrected chi connectivity index (χ2v) is 6.26. The van der Waals surface area contributed by atoms with Gasteiger partial charge in [-0.1, -0.05) is 54.6 Å². The minimum Gasteiger partial charge on any atom is -0.377 e. The van der Waals surface area contributed by atoms with Gasteiger partial charge in [-0.2, -0.15) is 0 Å². The van der Waals surface area contributed by atoms with Gasteiger partial charge < -0.3 is 10.0 Å². The molecule has 2 aromatic carbocycles. The van der Waals surface area contributed by atoms with Crippen LogP contribution in [0.5, 0.6) is 0 Å². The lowest BCUT2D eigenvalue weighted by atomic mass is 9.91. The molecule has 0 unspecified atom stereocenters. The molecule has 0 amide bonds. The van der Waals surface area contributed by atoms with Crippen molar-refractivity contribution in [1.29, 1.82) is 0 Å². The van der Waals surface area contributed by atoms with Crippen LogP contribution in [0.3, 0.4) is 0 Å². The SMILES string of the molecule is CC[NH+](CC)CC/C=C/C1(O)c2ccccc2-c2ccccc21. The zero-order valence-electron chi connectivity index (χ0n) is 14.0. The Morgan fingerprint density at radius 3 is 1.96 bits per heavy atom. The summed E-state index contributed by atoms with van der Waals surface area (Å²) in [6, 6.07) is 16.3. The van der Waals surface area contributed by atoms with Gasteiger partial charge in [0.2, 0.25) is 0 Å². The zero-order chi connectivity index (χ0) is 16.3. The van der Waals surface area contributed by atoms with Crippen molar-refractivity contribution in [3.05, 3.63) is 71.8 Å². The molecule has 1 aliphatic rings. The maximum Gasteiger partial charge on any atom is 0.134 e. The van der Waals surface area contributed by atoms with Gasteiger partial charge in [-0.3, -0.25) is 0 Å². The van der Waals surface area contributed by atoms with Crippen molar-refractivity contribution in [2.45, 2.75) is 25.9 Å². The van der Waals surface area contributed by atoms with Gasteiger partial charge in [-0.05, 0) is 42.2 Å². The molecule has 0 fully saturated rings. The molecule has 1 aliphatic carbocycles. The summed E-state index contributed by atoms with van der Waals surface area (Å²) in [7, 11) is 0. The van der Waals surface area contributed by atoms with Crippen LogP contribution in [0.1, 0.15) is 31.4 Å². The van der Waals surface area contributed by atoms with E-state index in [0.717, 1.165) is 48.3 Å². The lowest BCUT2D eigenvalue weighted by Crippen LogP contribution is -3.11. The standard InChI is InChI=1S/C21H25NO/c1-3-22(4-2)16-10-9-15-21(23)19-13-7-5-11-17(19)18-12-6-8-14-20(18)21/h5-9,11-15,23H,3-4,10,16H2,1-2H3/p+1/b15-9+. The molecule has 2 N–H and O–H groups in total. The van der Waals surface area contributed by atoms with Crippen molar-refractivity contribution < 1.29 is 10.0 Å². The minimum absolute atomic E-state index is 0.990. The van der Waals surface area contributed by atoms with Gasteiger partial charge in [0.1, 0.15) is 5.60 Å². The monoisotopic (exact) mass is 308 g/mol. The van der Waals surface area contributed by atoms with E-state index in [9.17, 15) is 5.11 Å². The fraction of sp³-hybridized carbons (Fsp3) is 0.333. The molecule has 0 saturated heterocycles. The summed E-state index contributed by atoms with van der Waals surface area (Å²) in [6.45, 7) is 7.86. The van der Waals surface area contributed by atoms with Gasteiger partial charge in [-0.15, -0.1) is 0 Å². The van der Waals surface area contributed by atoms with E-state index in [0.29, 0.717) is 0 Å². The van der Waals surface area contributed by atoms with Crippen LogP contribution in [-0.4, -0.2) is 24.7 Å². The highest BCUT2D eigenvalue weighted by Gasteiger charge is 2.38. The van der Waals surface area contributed by atoms with Gasteiger partial charge >= 0.3 is 0 Å². The fourth-order valence-corrected chi connectivity index (χ4v) is 3.57. The minimum atomic E-state index is -0.994. The first-order chi connectivity index (χ1) is 11.2. The normalized spacial score (nSPS) is 15.1. The van der Waals surface area contributed by atoms with E-state index >= 15 is 0 Å². The Bertz CT molecular complexity index is 655. The molecule has 0 radical (unpaired) electrons. The molecule has 23 heavy (non-hydrogen) atoms. The maximum absolute atomic E-state index is 11.4. The summed E-state index contributed by atoms with van der Waals surface area (Å²) in [5.74, 6) is 0. The summed E-state index contributed by atoms with van der Waals surface area (Å²) >= 11 is 0. The van der Waals surface area contributed by atoms with E-state index in [1.54, 1.807) is 4.90 Å². The summed E-state index contributed by atoms with van der Waals surface area (Å²) in [5, 5.41) is 11.4. The van der Waals surface area contributed by atoms with Gasteiger partial charge in [0.05, 0.1) is 19.6 Å². The number of hydrogen-bond donors (Lipinski definition) is 2. The lowest BCUT2D eigenvalue weighted by molar-refractivity contribution is -0.896. The van der Waals surface area contributed by atoms with E-state index in [4.69, 9.17) is 0 Å². The Labute approximate surface area is 139 Å². The van der Waals surface area contributed by atoms with E-state index in [2.05, 4.69) is 32.1 Å². The maximum atomic E-state index is 11.4. The highest BCUT2D eigenvalue weighted by molar-refractivity contribution is 5.81. The van der Waals surface area contributed by atoms with Crippen molar-refractivity contribution in [2.24, 2.45) is 0 Å². The molecule has 2 nitrogen and oxygen atoms in total. The second-order valence-electron chi connectivity index (χ2n) is 6.26. The van der Waals surface area contributed by atoms with Crippen LogP contribution in [0.25, 0.3) is 11.1 Å². The summed E-state index contributed by atoms with van der Waals surface area (Å²) in [4.78, 5) is 1.59. The largest absolute Gasteiger partial charge is 0.377 e. The average Bonchev–Trinajstić information content (AvgIpc) is 2.86. The van der Waals surface area contributed by atoms with Gasteiger partial charge in [0, 0.05) is 6.42 Å². The number of quaternary nitrogens is 1. The molecular weight excluding hydrogens is 282 g/mol. The van der Waals surface area contributed by atoms with Crippen LogP contribution in [0.4, 0.5) is 0 Å². The predicted octanol–water partition coefficient (Wildman–Crippen LogP) is 2.77. The van der Waals surface area contributed by atoms with Crippen molar-refractivity contribution >= 4 is 0 Å². The highest BCUT2D eigenvalue weighted by atomic mass is 16.3. The van der Waals surface area contributed by atoms with Crippen LogP contribution in [0.15, 0.2) is 60.7 Å². The first kappa shape index (κ1) is 16.0. The third-order valence-electron chi connectivity index (χ3n) is 4.99. The molecule has 120 valence electrons. The Kier molecular flexibility index (Phi) is 4.65. The van der Waals surface area contributed by atoms with Crippen LogP contribution in [0.2, 0.25) is 0 Å². The van der Waals surface area contributed by atoms with Gasteiger partial charge in [-0.25, -0.2) is 0 Å². The highest BCUT2D eigenvalue weighted by Crippen LogP contribution is 2.47. The Hall–Kier alpha value is -1.90. The fourth-order valence-electron chi connectivity index (χ4n) is 3.57. The third kappa shape index (κ3) is 2.85. The smallest absolute Gasteiger partial charge is 0.134 e. The topological polar surface area (TPSA) is 24.7 Å². The number of rotatable bonds is 6. The Balaban J connectivity index is 1.88. The van der Waals surface area contributed by atoms with Gasteiger partial charge in [0.25, 0.3) is 0 Å². The molecule has 0 saturated carbocycles. The number of hydrogen-bond acceptors (Lipinski definition) is 1. The molecule has 0 atom stereocenters. The van der Waals surface area contributed by atoms with E-state index < -0.39 is 5.60 Å². The molecule has 0 aliphatic heterocycles. The third-order valence-corrected chi connectivity index (χ3v) is 4.99. The Morgan fingerprint density at radius 2 is 1.43 bits per heavy atom. The molecule has 2 aromatic rings. The van der Waals surface area contributed by atoms with Crippen molar-refractivity contribution in [3.8, 4) is 11.1 Å². The van der Waals surface area contributed by atoms with Crippen molar-refractivity contribution in [1.82, 2.24) is 0 Å². The summed E-state index contributed by atoms with van der Waals surface area (Å²) in [5.41, 5.74) is 3.28. The molecule has 0 spiro atoms. The van der Waals surface area contributed by atoms with Crippen LogP contribution in [-0.2, 0) is 5.60 Å². The molecule has 0 bridgehead atoms. The molecule has 0 aromatic heterocycles. The van der Waals surface area contributed by atoms with Gasteiger partial charge in [0.15, 0.2) is 0 Å². The number of nitrogens with one attached hydrogen (secondary N) is 1. The number of fused-ring (bicyclic) bond motifs is 3. The zero-order valence-corrected chi connectivity index (χ0v) is 14.0. The predicted molar refractivity (Wildman–Crippen MR) is 95.5 cm³/mol. The van der Waals surface area contributed by atoms with Crippen LogP contribution < -0.4 is 4.90 Å². The first-order valence-corrected chi connectivity index (χ1v) is 8.63. The lowest BCUT2D eigenvalue weighted by Gasteiger charge is -2.22. The van der Waals surface area contributed by atoms with E-state index in [1.165, 1.54) is 0 Å². The van der Waals surface area contributed by atoms with Crippen LogP contribution >= 0.6 is 0 Å². The Morgan fingerprint density at radius 1 is 0.913 bits per heavy atom. The molecule has 3 rings (SSSR count). The molecular formula is C21H26NO+. The second kappa shape index (κ2) is 6.69. The summed E-state index contributed by atoms with van der Waals surface area (Å²) in [6.07, 6.45) is 5.12. The van der Waals surface area contributed by atoms with E-state index in [1.807, 2.05) is 42.5 Å². The van der Waals surface area contributed by atoms with E-state index in [-0.39, 0.29) is 0 Å². The molecule has 2 heteroatoms. The quantitative estimate of drug-likeness (QED) is 0.788. The first-order valence-electron chi connectivity index (χ1n) is 8.63. The summed E-state index contributed by atoms with van der Waals surface area (Å²) < 4.78 is 0. The average molecular weight is 308 g/mol. The number of aliphatic hydroxyl groups is 1. The number of benzene rings is 2. The van der Waals surface area contributed by atoms with Crippen molar-refractivity contribution in [3.63, 3.8) is 0 Å².